The molecule has 5 nitrogen and oxygen atoms in total. The zero-order valence-electron chi connectivity index (χ0n) is 10.1. The van der Waals surface area contributed by atoms with Gasteiger partial charge in [-0.05, 0) is 19.1 Å². The van der Waals surface area contributed by atoms with E-state index in [1.807, 2.05) is 30.3 Å². The second kappa shape index (κ2) is 5.86. The van der Waals surface area contributed by atoms with Gasteiger partial charge in [0, 0.05) is 6.07 Å². The maximum Gasteiger partial charge on any atom is 0.252 e. The second-order valence-electron chi connectivity index (χ2n) is 3.80. The van der Waals surface area contributed by atoms with Crippen LogP contribution in [0, 0.1) is 6.92 Å². The smallest absolute Gasteiger partial charge is 0.252 e. The van der Waals surface area contributed by atoms with Gasteiger partial charge in [-0.25, -0.2) is 4.98 Å². The highest BCUT2D eigenvalue weighted by Gasteiger charge is 1.97. The van der Waals surface area contributed by atoms with Crippen LogP contribution in [0.25, 0.3) is 0 Å². The minimum absolute atomic E-state index is 0.158. The van der Waals surface area contributed by atoms with E-state index in [0.29, 0.717) is 24.8 Å². The van der Waals surface area contributed by atoms with E-state index in [1.165, 1.54) is 6.07 Å². The van der Waals surface area contributed by atoms with Gasteiger partial charge in [0.15, 0.2) is 0 Å². The normalized spacial score (nSPS) is 10.1. The first-order valence-corrected chi connectivity index (χ1v) is 5.74. The summed E-state index contributed by atoms with van der Waals surface area (Å²) in [6.45, 7) is 2.84. The zero-order valence-corrected chi connectivity index (χ0v) is 10.1. The van der Waals surface area contributed by atoms with E-state index in [9.17, 15) is 4.79 Å². The molecule has 0 unspecified atom stereocenters. The average Bonchev–Trinajstić information content (AvgIpc) is 2.35. The Kier molecular flexibility index (Phi) is 3.96. The fraction of sp³-hybridized carbons (Fsp3) is 0.231. The lowest BCUT2D eigenvalue weighted by molar-refractivity contribution is 0.332. The summed E-state index contributed by atoms with van der Waals surface area (Å²) in [7, 11) is 0. The molecule has 2 rings (SSSR count). The summed E-state index contributed by atoms with van der Waals surface area (Å²) in [6.07, 6.45) is 0. The lowest BCUT2D eigenvalue weighted by atomic mass is 10.3. The molecule has 0 aliphatic rings. The number of hydrogen-bond donors (Lipinski definition) is 2. The highest BCUT2D eigenvalue weighted by atomic mass is 16.5. The van der Waals surface area contributed by atoms with Crippen molar-refractivity contribution in [1.82, 2.24) is 9.97 Å². The van der Waals surface area contributed by atoms with Crippen molar-refractivity contribution in [1.29, 1.82) is 0 Å². The average molecular weight is 245 g/mol. The van der Waals surface area contributed by atoms with E-state index >= 15 is 0 Å². The fourth-order valence-corrected chi connectivity index (χ4v) is 1.53. The number of H-pyrrole nitrogens is 1. The Balaban J connectivity index is 1.80. The SMILES string of the molecule is Cc1nc(NCCOc2ccccc2)cc(=O)[nH]1. The predicted molar refractivity (Wildman–Crippen MR) is 70.0 cm³/mol. The van der Waals surface area contributed by atoms with Crippen LogP contribution in [-0.4, -0.2) is 23.1 Å². The van der Waals surface area contributed by atoms with E-state index in [2.05, 4.69) is 15.3 Å². The van der Waals surface area contributed by atoms with Gasteiger partial charge in [0.1, 0.15) is 24.0 Å². The summed E-state index contributed by atoms with van der Waals surface area (Å²) >= 11 is 0. The van der Waals surface area contributed by atoms with Gasteiger partial charge in [0.25, 0.3) is 5.56 Å². The molecule has 0 aliphatic carbocycles. The number of aromatic nitrogens is 2. The fourth-order valence-electron chi connectivity index (χ4n) is 1.53. The summed E-state index contributed by atoms with van der Waals surface area (Å²) in [5, 5.41) is 3.04. The third-order valence-corrected chi connectivity index (χ3v) is 2.28. The van der Waals surface area contributed by atoms with E-state index in [1.54, 1.807) is 6.92 Å². The number of aromatic amines is 1. The van der Waals surface area contributed by atoms with Crippen LogP contribution in [0.4, 0.5) is 5.82 Å². The molecule has 18 heavy (non-hydrogen) atoms. The molecule has 94 valence electrons. The zero-order chi connectivity index (χ0) is 12.8. The molecule has 5 heteroatoms. The van der Waals surface area contributed by atoms with Crippen molar-refractivity contribution in [2.45, 2.75) is 6.92 Å². The lowest BCUT2D eigenvalue weighted by Crippen LogP contribution is -2.16. The van der Waals surface area contributed by atoms with Gasteiger partial charge < -0.3 is 15.0 Å². The van der Waals surface area contributed by atoms with Crippen LogP contribution in [-0.2, 0) is 0 Å². The lowest BCUT2D eigenvalue weighted by Gasteiger charge is -2.07. The van der Waals surface area contributed by atoms with Crippen LogP contribution in [0.3, 0.4) is 0 Å². The first kappa shape index (κ1) is 12.2. The minimum Gasteiger partial charge on any atom is -0.492 e. The maximum absolute atomic E-state index is 11.2. The summed E-state index contributed by atoms with van der Waals surface area (Å²) in [4.78, 5) is 17.9. The van der Waals surface area contributed by atoms with Gasteiger partial charge in [0.05, 0.1) is 6.54 Å². The topological polar surface area (TPSA) is 67.0 Å². The van der Waals surface area contributed by atoms with E-state index in [4.69, 9.17) is 4.74 Å². The number of nitrogens with one attached hydrogen (secondary N) is 2. The first-order chi connectivity index (χ1) is 8.74. The van der Waals surface area contributed by atoms with Crippen molar-refractivity contribution >= 4 is 5.82 Å². The Labute approximate surface area is 105 Å². The highest BCUT2D eigenvalue weighted by molar-refractivity contribution is 5.32. The Morgan fingerprint density at radius 1 is 1.33 bits per heavy atom. The quantitative estimate of drug-likeness (QED) is 0.785. The molecule has 0 radical (unpaired) electrons. The van der Waals surface area contributed by atoms with Crippen LogP contribution >= 0.6 is 0 Å². The van der Waals surface area contributed by atoms with Gasteiger partial charge in [-0.1, -0.05) is 18.2 Å². The van der Waals surface area contributed by atoms with Crippen molar-refractivity contribution < 1.29 is 4.74 Å². The van der Waals surface area contributed by atoms with Gasteiger partial charge in [-0.15, -0.1) is 0 Å². The third kappa shape index (κ3) is 3.62. The third-order valence-electron chi connectivity index (χ3n) is 2.28. The summed E-state index contributed by atoms with van der Waals surface area (Å²) in [5.41, 5.74) is -0.158. The van der Waals surface area contributed by atoms with Gasteiger partial charge >= 0.3 is 0 Å². The van der Waals surface area contributed by atoms with Crippen LogP contribution in [0.15, 0.2) is 41.2 Å². The Morgan fingerprint density at radius 3 is 2.83 bits per heavy atom. The van der Waals surface area contributed by atoms with Crippen LogP contribution in [0.5, 0.6) is 5.75 Å². The van der Waals surface area contributed by atoms with Crippen LogP contribution in [0.2, 0.25) is 0 Å². The highest BCUT2D eigenvalue weighted by Crippen LogP contribution is 2.07. The first-order valence-electron chi connectivity index (χ1n) is 5.74. The second-order valence-corrected chi connectivity index (χ2v) is 3.80. The molecule has 0 fully saturated rings. The summed E-state index contributed by atoms with van der Waals surface area (Å²) in [5.74, 6) is 1.98. The number of nitrogens with zero attached hydrogens (tertiary/aromatic N) is 1. The van der Waals surface area contributed by atoms with Gasteiger partial charge in [-0.3, -0.25) is 4.79 Å². The number of ether oxygens (including phenoxy) is 1. The largest absolute Gasteiger partial charge is 0.492 e. The summed E-state index contributed by atoms with van der Waals surface area (Å²) < 4.78 is 5.51. The standard InChI is InChI=1S/C13H15N3O2/c1-10-15-12(9-13(17)16-10)14-7-8-18-11-5-3-2-4-6-11/h2-6,9H,7-8H2,1H3,(H2,14,15,16,17). The molecule has 0 amide bonds. The minimum atomic E-state index is -0.158. The molecule has 0 atom stereocenters. The number of anilines is 1. The molecule has 0 saturated heterocycles. The van der Waals surface area contributed by atoms with Gasteiger partial charge in [-0.2, -0.15) is 0 Å². The molecule has 1 aromatic heterocycles. The van der Waals surface area contributed by atoms with E-state index in [0.717, 1.165) is 5.75 Å². The van der Waals surface area contributed by atoms with Crippen molar-refractivity contribution in [3.8, 4) is 5.75 Å². The van der Waals surface area contributed by atoms with E-state index in [-0.39, 0.29) is 5.56 Å². The molecule has 1 heterocycles. The summed E-state index contributed by atoms with van der Waals surface area (Å²) in [6, 6.07) is 11.0. The van der Waals surface area contributed by atoms with Crippen molar-refractivity contribution in [3.63, 3.8) is 0 Å². The molecule has 2 N–H and O–H groups in total. The number of aryl methyl sites for hydroxylation is 1. The predicted octanol–water partition coefficient (Wildman–Crippen LogP) is 1.57. The molecule has 1 aromatic carbocycles. The van der Waals surface area contributed by atoms with Crippen LogP contribution < -0.4 is 15.6 Å². The van der Waals surface area contributed by atoms with Crippen LogP contribution in [0.1, 0.15) is 5.82 Å². The molecular formula is C13H15N3O2. The van der Waals surface area contributed by atoms with Crippen molar-refractivity contribution in [2.24, 2.45) is 0 Å². The molecular weight excluding hydrogens is 230 g/mol. The van der Waals surface area contributed by atoms with Crippen molar-refractivity contribution in [3.05, 3.63) is 52.6 Å². The number of rotatable bonds is 5. The Bertz CT molecular complexity index is 552. The molecule has 0 spiro atoms. The van der Waals surface area contributed by atoms with Gasteiger partial charge in [0.2, 0.25) is 0 Å². The van der Waals surface area contributed by atoms with E-state index < -0.39 is 0 Å². The molecule has 0 bridgehead atoms. The van der Waals surface area contributed by atoms with Crippen molar-refractivity contribution in [2.75, 3.05) is 18.5 Å². The Hall–Kier alpha value is -2.30. The molecule has 0 aliphatic heterocycles. The maximum atomic E-state index is 11.2. The Morgan fingerprint density at radius 2 is 2.11 bits per heavy atom. The molecule has 0 saturated carbocycles. The molecule has 2 aromatic rings. The number of hydrogen-bond acceptors (Lipinski definition) is 4. The monoisotopic (exact) mass is 245 g/mol. The number of para-hydroxylation sites is 1. The number of benzene rings is 1.